The van der Waals surface area contributed by atoms with Gasteiger partial charge in [0, 0.05) is 24.0 Å². The Balaban J connectivity index is 1.58. The Labute approximate surface area is 144 Å². The average Bonchev–Trinajstić information content (AvgIpc) is 3.27. The Morgan fingerprint density at radius 1 is 1.25 bits per heavy atom. The standard InChI is InChI=1S/C17H19N3O3S/c1-23-14-6-4-12(5-7-14)16(22)19-17-18-13(11-24-17)10-15(21)20-8-2-3-9-20/h4-7,11H,2-3,8-10H2,1H3,(H,18,19,22). The van der Waals surface area contributed by atoms with Crippen molar-refractivity contribution >= 4 is 28.3 Å². The topological polar surface area (TPSA) is 71.5 Å². The number of anilines is 1. The Morgan fingerprint density at radius 2 is 1.96 bits per heavy atom. The van der Waals surface area contributed by atoms with Gasteiger partial charge in [-0.15, -0.1) is 11.3 Å². The van der Waals surface area contributed by atoms with Crippen LogP contribution in [0.5, 0.6) is 5.75 Å². The van der Waals surface area contributed by atoms with Crippen molar-refractivity contribution in [3.63, 3.8) is 0 Å². The van der Waals surface area contributed by atoms with Gasteiger partial charge in [-0.1, -0.05) is 0 Å². The van der Waals surface area contributed by atoms with Crippen LogP contribution in [0.15, 0.2) is 29.6 Å². The molecule has 1 N–H and O–H groups in total. The lowest BCUT2D eigenvalue weighted by Crippen LogP contribution is -2.29. The second-order valence-corrected chi connectivity index (χ2v) is 6.45. The molecule has 2 heterocycles. The lowest BCUT2D eigenvalue weighted by atomic mass is 10.2. The highest BCUT2D eigenvalue weighted by Gasteiger charge is 2.19. The molecule has 6 nitrogen and oxygen atoms in total. The Bertz CT molecular complexity index is 721. The first kappa shape index (κ1) is 16.4. The van der Waals surface area contributed by atoms with Gasteiger partial charge in [-0.2, -0.15) is 0 Å². The fourth-order valence-corrected chi connectivity index (χ4v) is 3.30. The van der Waals surface area contributed by atoms with Gasteiger partial charge in [-0.25, -0.2) is 4.98 Å². The number of aromatic nitrogens is 1. The van der Waals surface area contributed by atoms with Gasteiger partial charge in [0.25, 0.3) is 5.91 Å². The number of methoxy groups -OCH3 is 1. The largest absolute Gasteiger partial charge is 0.497 e. The summed E-state index contributed by atoms with van der Waals surface area (Å²) < 4.78 is 5.07. The van der Waals surface area contributed by atoms with Crippen molar-refractivity contribution in [1.29, 1.82) is 0 Å². The molecule has 0 unspecified atom stereocenters. The number of amides is 2. The number of rotatable bonds is 5. The summed E-state index contributed by atoms with van der Waals surface area (Å²) in [6.45, 7) is 1.67. The summed E-state index contributed by atoms with van der Waals surface area (Å²) in [6, 6.07) is 6.85. The monoisotopic (exact) mass is 345 g/mol. The van der Waals surface area contributed by atoms with Crippen molar-refractivity contribution in [2.24, 2.45) is 0 Å². The van der Waals surface area contributed by atoms with Crippen LogP contribution < -0.4 is 10.1 Å². The van der Waals surface area contributed by atoms with Crippen LogP contribution in [0.4, 0.5) is 5.13 Å². The third-order valence-electron chi connectivity index (χ3n) is 3.92. The summed E-state index contributed by atoms with van der Waals surface area (Å²) in [7, 11) is 1.58. The van der Waals surface area contributed by atoms with Crippen LogP contribution in [0, 0.1) is 0 Å². The van der Waals surface area contributed by atoms with Gasteiger partial charge < -0.3 is 9.64 Å². The van der Waals surface area contributed by atoms with E-state index in [1.807, 2.05) is 10.3 Å². The van der Waals surface area contributed by atoms with Gasteiger partial charge in [0.1, 0.15) is 5.75 Å². The minimum absolute atomic E-state index is 0.103. The summed E-state index contributed by atoms with van der Waals surface area (Å²) in [4.78, 5) is 30.5. The molecule has 1 fully saturated rings. The minimum Gasteiger partial charge on any atom is -0.497 e. The van der Waals surface area contributed by atoms with Crippen LogP contribution in [0.1, 0.15) is 28.9 Å². The molecule has 0 spiro atoms. The SMILES string of the molecule is COc1ccc(C(=O)Nc2nc(CC(=O)N3CCCC3)cs2)cc1. The predicted molar refractivity (Wildman–Crippen MR) is 92.6 cm³/mol. The fourth-order valence-electron chi connectivity index (χ4n) is 2.59. The Kier molecular flexibility index (Phi) is 5.10. The molecule has 1 aliphatic rings. The molecular formula is C17H19N3O3S. The van der Waals surface area contributed by atoms with E-state index in [0.717, 1.165) is 25.9 Å². The van der Waals surface area contributed by atoms with Gasteiger partial charge in [-0.05, 0) is 37.1 Å². The number of thiazole rings is 1. The number of hydrogen-bond donors (Lipinski definition) is 1. The normalized spacial score (nSPS) is 13.8. The molecule has 2 amide bonds. The molecule has 0 bridgehead atoms. The molecule has 2 aromatic rings. The summed E-state index contributed by atoms with van der Waals surface area (Å²) in [5.41, 5.74) is 1.22. The quantitative estimate of drug-likeness (QED) is 0.904. The van der Waals surface area contributed by atoms with Crippen molar-refractivity contribution in [2.75, 3.05) is 25.5 Å². The van der Waals surface area contributed by atoms with E-state index in [0.29, 0.717) is 22.1 Å². The lowest BCUT2D eigenvalue weighted by molar-refractivity contribution is -0.129. The van der Waals surface area contributed by atoms with Crippen molar-refractivity contribution in [2.45, 2.75) is 19.3 Å². The van der Waals surface area contributed by atoms with Crippen LogP contribution in [0.3, 0.4) is 0 Å². The number of carbonyl (C=O) groups excluding carboxylic acids is 2. The second-order valence-electron chi connectivity index (χ2n) is 5.59. The van der Waals surface area contributed by atoms with Gasteiger partial charge in [0.2, 0.25) is 5.91 Å². The van der Waals surface area contributed by atoms with Gasteiger partial charge in [0.15, 0.2) is 5.13 Å². The molecule has 126 valence electrons. The zero-order valence-corrected chi connectivity index (χ0v) is 14.3. The molecule has 1 aromatic heterocycles. The first-order chi connectivity index (χ1) is 11.7. The predicted octanol–water partition coefficient (Wildman–Crippen LogP) is 2.57. The Morgan fingerprint density at radius 3 is 2.62 bits per heavy atom. The van der Waals surface area contributed by atoms with Crippen LogP contribution in [-0.4, -0.2) is 41.9 Å². The number of nitrogens with zero attached hydrogens (tertiary/aromatic N) is 2. The van der Waals surface area contributed by atoms with Crippen molar-refractivity contribution < 1.29 is 14.3 Å². The van der Waals surface area contributed by atoms with Gasteiger partial charge >= 0.3 is 0 Å². The van der Waals surface area contributed by atoms with Gasteiger partial charge in [-0.3, -0.25) is 14.9 Å². The van der Waals surface area contributed by atoms with E-state index in [9.17, 15) is 9.59 Å². The van der Waals surface area contributed by atoms with E-state index < -0.39 is 0 Å². The molecule has 24 heavy (non-hydrogen) atoms. The maximum Gasteiger partial charge on any atom is 0.257 e. The fraction of sp³-hybridized carbons (Fsp3) is 0.353. The second kappa shape index (κ2) is 7.44. The van der Waals surface area contributed by atoms with Crippen LogP contribution in [0.25, 0.3) is 0 Å². The smallest absolute Gasteiger partial charge is 0.257 e. The van der Waals surface area contributed by atoms with E-state index in [4.69, 9.17) is 4.74 Å². The number of likely N-dealkylation sites (tertiary alicyclic amines) is 1. The summed E-state index contributed by atoms with van der Waals surface area (Å²) >= 11 is 1.33. The van der Waals surface area contributed by atoms with Crippen LogP contribution in [-0.2, 0) is 11.2 Å². The zero-order chi connectivity index (χ0) is 16.9. The Hall–Kier alpha value is -2.41. The number of hydrogen-bond acceptors (Lipinski definition) is 5. The zero-order valence-electron chi connectivity index (χ0n) is 13.4. The molecule has 1 aliphatic heterocycles. The van der Waals surface area contributed by atoms with Crippen molar-refractivity contribution in [1.82, 2.24) is 9.88 Å². The molecule has 0 saturated carbocycles. The summed E-state index contributed by atoms with van der Waals surface area (Å²) in [5.74, 6) is 0.568. The van der Waals surface area contributed by atoms with Crippen molar-refractivity contribution in [3.05, 3.63) is 40.9 Å². The van der Waals surface area contributed by atoms with Crippen LogP contribution >= 0.6 is 11.3 Å². The van der Waals surface area contributed by atoms with E-state index in [1.165, 1.54) is 11.3 Å². The maximum absolute atomic E-state index is 12.2. The molecule has 1 saturated heterocycles. The number of ether oxygens (including phenoxy) is 1. The molecule has 7 heteroatoms. The molecule has 3 rings (SSSR count). The minimum atomic E-state index is -0.232. The summed E-state index contributed by atoms with van der Waals surface area (Å²) in [5, 5.41) is 5.08. The van der Waals surface area contributed by atoms with E-state index in [-0.39, 0.29) is 18.2 Å². The molecule has 0 atom stereocenters. The number of benzene rings is 1. The first-order valence-electron chi connectivity index (χ1n) is 7.83. The third-order valence-corrected chi connectivity index (χ3v) is 4.72. The highest BCUT2D eigenvalue weighted by Crippen LogP contribution is 2.19. The summed E-state index contributed by atoms with van der Waals surface area (Å²) in [6.07, 6.45) is 2.44. The van der Waals surface area contributed by atoms with Crippen LogP contribution in [0.2, 0.25) is 0 Å². The highest BCUT2D eigenvalue weighted by atomic mass is 32.1. The molecule has 0 aliphatic carbocycles. The van der Waals surface area contributed by atoms with E-state index in [1.54, 1.807) is 31.4 Å². The molecule has 1 aromatic carbocycles. The average molecular weight is 345 g/mol. The number of carbonyl (C=O) groups is 2. The molecule has 0 radical (unpaired) electrons. The van der Waals surface area contributed by atoms with Crippen molar-refractivity contribution in [3.8, 4) is 5.75 Å². The first-order valence-corrected chi connectivity index (χ1v) is 8.71. The van der Waals surface area contributed by atoms with E-state index in [2.05, 4.69) is 10.3 Å². The van der Waals surface area contributed by atoms with Gasteiger partial charge in [0.05, 0.1) is 19.2 Å². The highest BCUT2D eigenvalue weighted by molar-refractivity contribution is 7.14. The third kappa shape index (κ3) is 3.91. The number of nitrogens with one attached hydrogen (secondary N) is 1. The molecular weight excluding hydrogens is 326 g/mol. The maximum atomic E-state index is 12.2. The van der Waals surface area contributed by atoms with E-state index >= 15 is 0 Å². The lowest BCUT2D eigenvalue weighted by Gasteiger charge is -2.13.